The fourth-order valence-electron chi connectivity index (χ4n) is 9.04. The molecule has 1 saturated carbocycles. The number of nitrogens with one attached hydrogen (secondary N) is 4. The van der Waals surface area contributed by atoms with Crippen LogP contribution in [0.3, 0.4) is 0 Å². The number of sulfonamides is 1. The molecule has 0 radical (unpaired) electrons. The van der Waals surface area contributed by atoms with Crippen LogP contribution in [-0.2, 0) is 31.0 Å². The standard InChI is InChI=1S/C47H58N8O9S2/c1-27(2)37(25-54-23-29-13-11-12-16-41(29)66(54,61)62)51-45(60)50-34-15-10-8-6-7-9-14-30-22-47(30,44(58)59)53-42(56)39-20-32(24-55(39)43(34)57)64-40-21-36(38-26-65-46(52-38)48-28(3)4)49-35-19-31(63-5)17-18-33(35)40/h9,11-14,16-19,21,26-28,30,32,34,37,39H,6-8,10,15,20,22-25H2,1-5H3,(H,48,52)(H,53,56)(H,58,59)(H2,50,51,60)/b14-9-/t30?,32-,34-,37-,39+,47-/m1/s1. The Balaban J connectivity index is 1.07. The average Bonchev–Trinajstić information content (AvgIpc) is 3.51. The first-order chi connectivity index (χ1) is 31.6. The molecule has 1 aliphatic carbocycles. The van der Waals surface area contributed by atoms with Crippen molar-refractivity contribution in [1.29, 1.82) is 0 Å². The minimum absolute atomic E-state index is 0.0184. The van der Waals surface area contributed by atoms with Crippen molar-refractivity contribution >= 4 is 61.2 Å². The summed E-state index contributed by atoms with van der Waals surface area (Å²) in [6, 6.07) is 10.7. The van der Waals surface area contributed by atoms with Gasteiger partial charge in [0.05, 0.1) is 29.8 Å². The largest absolute Gasteiger partial charge is 0.497 e. The third-order valence-corrected chi connectivity index (χ3v) is 15.5. The van der Waals surface area contributed by atoms with Gasteiger partial charge in [-0.15, -0.1) is 11.3 Å². The number of pyridine rings is 1. The van der Waals surface area contributed by atoms with Gasteiger partial charge in [0.1, 0.15) is 40.9 Å². The van der Waals surface area contributed by atoms with Crippen LogP contribution in [0.15, 0.2) is 71.0 Å². The molecule has 4 aromatic rings. The van der Waals surface area contributed by atoms with E-state index < -0.39 is 69.5 Å². The number of aromatic nitrogens is 2. The number of carbonyl (C=O) groups excluding carboxylic acids is 3. The molecule has 2 aromatic heterocycles. The molecule has 66 heavy (non-hydrogen) atoms. The van der Waals surface area contributed by atoms with E-state index in [4.69, 9.17) is 19.4 Å². The van der Waals surface area contributed by atoms with E-state index in [0.29, 0.717) is 52.2 Å². The second kappa shape index (κ2) is 19.2. The SMILES string of the molecule is COc1ccc2c(O[C@@H]3C[C@H]4C(=O)N[C@]5(C(=O)O)CC5/C=C\CCCCC[C@@H](NC(=O)N[C@H](CN5Cc6ccccc6S5(=O)=O)C(C)C)C(=O)N4C3)cc(-c3csc(NC(C)C)n3)nc2c1. The highest BCUT2D eigenvalue weighted by molar-refractivity contribution is 7.89. The van der Waals surface area contributed by atoms with Crippen LogP contribution in [0, 0.1) is 11.8 Å². The number of carboxylic acid groups (broad SMARTS) is 1. The molecular weight excluding hydrogens is 885 g/mol. The number of ether oxygens (including phenoxy) is 2. The lowest BCUT2D eigenvalue weighted by molar-refractivity contribution is -0.145. The summed E-state index contributed by atoms with van der Waals surface area (Å²) in [7, 11) is -2.20. The summed E-state index contributed by atoms with van der Waals surface area (Å²) in [6.07, 6.45) is 6.36. The minimum Gasteiger partial charge on any atom is -0.497 e. The molecule has 17 nitrogen and oxygen atoms in total. The van der Waals surface area contributed by atoms with Gasteiger partial charge in [0.2, 0.25) is 21.8 Å². The van der Waals surface area contributed by atoms with Gasteiger partial charge in [-0.25, -0.2) is 28.0 Å². The number of carboxylic acids is 1. The lowest BCUT2D eigenvalue weighted by Crippen LogP contribution is -2.58. The van der Waals surface area contributed by atoms with Gasteiger partial charge in [0, 0.05) is 60.4 Å². The minimum atomic E-state index is -3.77. The normalized spacial score (nSPS) is 25.2. The number of fused-ring (bicyclic) bond motifs is 4. The molecule has 2 aromatic carbocycles. The summed E-state index contributed by atoms with van der Waals surface area (Å²) >= 11 is 1.45. The van der Waals surface area contributed by atoms with E-state index in [2.05, 4.69) is 21.3 Å². The second-order valence-electron chi connectivity index (χ2n) is 18.3. The van der Waals surface area contributed by atoms with Gasteiger partial charge in [-0.2, -0.15) is 4.31 Å². The van der Waals surface area contributed by atoms with Gasteiger partial charge >= 0.3 is 12.0 Å². The van der Waals surface area contributed by atoms with Crippen LogP contribution in [0.4, 0.5) is 9.93 Å². The van der Waals surface area contributed by atoms with Crippen molar-refractivity contribution in [3.05, 3.63) is 71.6 Å². The molecule has 6 atom stereocenters. The fourth-order valence-corrected chi connectivity index (χ4v) is 11.5. The number of urea groups is 1. The molecule has 3 aliphatic heterocycles. The molecule has 352 valence electrons. The number of anilines is 1. The third-order valence-electron chi connectivity index (χ3n) is 12.8. The van der Waals surface area contributed by atoms with E-state index in [1.807, 2.05) is 51.3 Å². The van der Waals surface area contributed by atoms with E-state index in [-0.39, 0.29) is 55.8 Å². The van der Waals surface area contributed by atoms with Crippen LogP contribution in [0.5, 0.6) is 11.5 Å². The molecule has 5 heterocycles. The van der Waals surface area contributed by atoms with Crippen molar-refractivity contribution in [2.45, 2.75) is 120 Å². The summed E-state index contributed by atoms with van der Waals surface area (Å²) in [6.45, 7) is 7.97. The lowest BCUT2D eigenvalue weighted by Gasteiger charge is -2.31. The van der Waals surface area contributed by atoms with Crippen LogP contribution in [0.1, 0.15) is 78.2 Å². The molecule has 1 saturated heterocycles. The number of allylic oxidation sites excluding steroid dienone is 1. The molecule has 0 bridgehead atoms. The average molecular weight is 943 g/mol. The first-order valence-corrected chi connectivity index (χ1v) is 24.9. The Labute approximate surface area is 388 Å². The van der Waals surface area contributed by atoms with E-state index in [9.17, 15) is 32.7 Å². The van der Waals surface area contributed by atoms with Crippen LogP contribution in [-0.4, -0.2) is 113 Å². The zero-order valence-electron chi connectivity index (χ0n) is 37.8. The van der Waals surface area contributed by atoms with Crippen LogP contribution >= 0.6 is 11.3 Å². The van der Waals surface area contributed by atoms with Crippen molar-refractivity contribution in [3.63, 3.8) is 0 Å². The highest BCUT2D eigenvalue weighted by atomic mass is 32.2. The van der Waals surface area contributed by atoms with Crippen molar-refractivity contribution < 1.29 is 42.2 Å². The Hall–Kier alpha value is -5.79. The van der Waals surface area contributed by atoms with E-state index in [1.54, 1.807) is 49.6 Å². The number of rotatable bonds is 12. The first kappa shape index (κ1) is 46.7. The molecule has 8 rings (SSSR count). The number of aliphatic carboxylic acids is 1. The highest BCUT2D eigenvalue weighted by Gasteiger charge is 2.61. The third kappa shape index (κ3) is 9.83. The number of carbonyl (C=O) groups is 4. The quantitative estimate of drug-likeness (QED) is 0.105. The fraction of sp³-hybridized carbons (Fsp3) is 0.489. The molecule has 19 heteroatoms. The monoisotopic (exact) mass is 942 g/mol. The Kier molecular flexibility index (Phi) is 13.6. The number of thiazole rings is 1. The summed E-state index contributed by atoms with van der Waals surface area (Å²) < 4.78 is 40.6. The Morgan fingerprint density at radius 1 is 1.05 bits per heavy atom. The van der Waals surface area contributed by atoms with Gasteiger partial charge < -0.3 is 40.7 Å². The maximum Gasteiger partial charge on any atom is 0.330 e. The van der Waals surface area contributed by atoms with E-state index in [1.165, 1.54) is 20.5 Å². The van der Waals surface area contributed by atoms with E-state index in [0.717, 1.165) is 18.0 Å². The van der Waals surface area contributed by atoms with E-state index >= 15 is 0 Å². The Bertz CT molecular complexity index is 2640. The van der Waals surface area contributed by atoms with Crippen molar-refractivity contribution in [1.82, 2.24) is 35.1 Å². The van der Waals surface area contributed by atoms with Crippen LogP contribution < -0.4 is 30.7 Å². The Morgan fingerprint density at radius 3 is 2.59 bits per heavy atom. The smallest absolute Gasteiger partial charge is 0.330 e. The predicted molar refractivity (Wildman–Crippen MR) is 250 cm³/mol. The number of benzene rings is 2. The van der Waals surface area contributed by atoms with Crippen molar-refractivity contribution in [2.24, 2.45) is 11.8 Å². The van der Waals surface area contributed by atoms with Crippen molar-refractivity contribution in [3.8, 4) is 22.9 Å². The molecule has 4 aliphatic rings. The summed E-state index contributed by atoms with van der Waals surface area (Å²) in [5.41, 5.74) is 0.912. The van der Waals surface area contributed by atoms with Gasteiger partial charge in [-0.3, -0.25) is 9.59 Å². The first-order valence-electron chi connectivity index (χ1n) is 22.6. The maximum atomic E-state index is 15.0. The van der Waals surface area contributed by atoms with Crippen LogP contribution in [0.25, 0.3) is 22.3 Å². The number of nitrogens with zero attached hydrogens (tertiary/aromatic N) is 4. The van der Waals surface area contributed by atoms with Crippen LogP contribution in [0.2, 0.25) is 0 Å². The molecule has 1 unspecified atom stereocenters. The van der Waals surface area contributed by atoms with Gasteiger partial charge in [-0.05, 0) is 69.2 Å². The number of hydrogen-bond acceptors (Lipinski definition) is 12. The molecule has 0 spiro atoms. The number of methoxy groups -OCH3 is 1. The van der Waals surface area contributed by atoms with Gasteiger partial charge in [0.15, 0.2) is 5.13 Å². The van der Waals surface area contributed by atoms with Gasteiger partial charge in [0.25, 0.3) is 0 Å². The highest BCUT2D eigenvalue weighted by Crippen LogP contribution is 2.46. The molecule has 4 amide bonds. The second-order valence-corrected chi connectivity index (χ2v) is 21.0. The Morgan fingerprint density at radius 2 is 1.85 bits per heavy atom. The van der Waals surface area contributed by atoms with Gasteiger partial charge in [-0.1, -0.05) is 57.0 Å². The zero-order valence-corrected chi connectivity index (χ0v) is 39.4. The van der Waals surface area contributed by atoms with Crippen molar-refractivity contribution in [2.75, 3.05) is 25.5 Å². The maximum absolute atomic E-state index is 15.0. The summed E-state index contributed by atoms with van der Waals surface area (Å²) in [5.74, 6) is -1.85. The number of hydrogen-bond donors (Lipinski definition) is 5. The topological polar surface area (TPSA) is 221 Å². The zero-order chi connectivity index (χ0) is 46.9. The molecule has 2 fully saturated rings. The summed E-state index contributed by atoms with van der Waals surface area (Å²) in [4.78, 5) is 67.4. The predicted octanol–water partition coefficient (Wildman–Crippen LogP) is 5.91. The lowest BCUT2D eigenvalue weighted by atomic mass is 10.0. The summed E-state index contributed by atoms with van der Waals surface area (Å²) in [5, 5.41) is 25.7. The molecule has 5 N–H and O–H groups in total. The molecular formula is C47H58N8O9S2. The number of amides is 4.